The lowest BCUT2D eigenvalue weighted by atomic mass is 9.60. The van der Waals surface area contributed by atoms with Crippen molar-refractivity contribution in [3.63, 3.8) is 0 Å². The Morgan fingerprint density at radius 1 is 1.03 bits per heavy atom. The van der Waals surface area contributed by atoms with E-state index in [2.05, 4.69) is 19.2 Å². The third-order valence-electron chi connectivity index (χ3n) is 9.56. The molecule has 5 nitrogen and oxygen atoms in total. The van der Waals surface area contributed by atoms with E-state index in [1.807, 2.05) is 5.06 Å². The fraction of sp³-hybridized carbons (Fsp3) is 0.844. The molecule has 37 heavy (non-hydrogen) atoms. The monoisotopic (exact) mass is 515 g/mol. The summed E-state index contributed by atoms with van der Waals surface area (Å²) in [5, 5.41) is 12.4. The van der Waals surface area contributed by atoms with Gasteiger partial charge in [0.2, 0.25) is 0 Å². The van der Waals surface area contributed by atoms with Crippen LogP contribution in [-0.4, -0.2) is 41.8 Å². The lowest BCUT2D eigenvalue weighted by Gasteiger charge is -2.42. The van der Waals surface area contributed by atoms with Gasteiger partial charge in [-0.1, -0.05) is 90.0 Å². The molecular weight excluding hydrogens is 462 g/mol. The van der Waals surface area contributed by atoms with Gasteiger partial charge in [0.25, 0.3) is 0 Å². The number of ketones is 1. The number of hydrogen-bond acceptors (Lipinski definition) is 5. The molecule has 0 aromatic carbocycles. The van der Waals surface area contributed by atoms with Crippen LogP contribution in [0.15, 0.2) is 23.6 Å². The molecule has 5 atom stereocenters. The molecule has 0 bridgehead atoms. The van der Waals surface area contributed by atoms with Crippen molar-refractivity contribution in [1.29, 1.82) is 0 Å². The van der Waals surface area contributed by atoms with Crippen LogP contribution in [0.4, 0.5) is 0 Å². The van der Waals surface area contributed by atoms with E-state index in [0.29, 0.717) is 12.2 Å². The van der Waals surface area contributed by atoms with Crippen LogP contribution in [0.5, 0.6) is 0 Å². The molecular formula is C32H53NO4. The standard InChI is InChI=1S/C32H53NO4/c1-3-4-5-6-7-8-9-10-11-12-13-14-15-16-28(35)25-17-18-30-32(23-25)19-20-33(36-2)24-26-21-27(34)22-29(37-30)31(26)32/h19-20,25-27,30,34H,3-18,21-24H2,1-2H3/t25?,26?,27-,30?,32?/m1/s1. The number of hydrogen-bond donors (Lipinski definition) is 1. The van der Waals surface area contributed by atoms with Crippen molar-refractivity contribution in [3.8, 4) is 0 Å². The van der Waals surface area contributed by atoms with Gasteiger partial charge in [-0.05, 0) is 37.7 Å². The molecule has 2 aliphatic heterocycles. The number of aliphatic hydroxyl groups excluding tert-OH is 1. The summed E-state index contributed by atoms with van der Waals surface area (Å²) in [7, 11) is 1.70. The number of carbonyl (C=O) groups excluding carboxylic acids is 1. The van der Waals surface area contributed by atoms with E-state index < -0.39 is 0 Å². The summed E-state index contributed by atoms with van der Waals surface area (Å²) in [6.45, 7) is 3.01. The number of unbranched alkanes of at least 4 members (excludes halogenated alkanes) is 12. The summed E-state index contributed by atoms with van der Waals surface area (Å²) < 4.78 is 6.48. The van der Waals surface area contributed by atoms with Gasteiger partial charge in [-0.2, -0.15) is 0 Å². The highest BCUT2D eigenvalue weighted by Crippen LogP contribution is 2.59. The van der Waals surface area contributed by atoms with Crippen molar-refractivity contribution in [2.75, 3.05) is 13.7 Å². The summed E-state index contributed by atoms with van der Waals surface area (Å²) in [6.07, 6.45) is 26.2. The third kappa shape index (κ3) is 7.20. The zero-order chi connectivity index (χ0) is 26.1. The van der Waals surface area contributed by atoms with Crippen LogP contribution in [0.1, 0.15) is 129 Å². The average molecular weight is 516 g/mol. The second kappa shape index (κ2) is 14.2. The fourth-order valence-corrected chi connectivity index (χ4v) is 7.56. The maximum Gasteiger partial charge on any atom is 0.136 e. The fourth-order valence-electron chi connectivity index (χ4n) is 7.56. The maximum atomic E-state index is 13.3. The smallest absolute Gasteiger partial charge is 0.136 e. The van der Waals surface area contributed by atoms with Gasteiger partial charge in [0.1, 0.15) is 11.9 Å². The van der Waals surface area contributed by atoms with Crippen LogP contribution >= 0.6 is 0 Å². The van der Waals surface area contributed by atoms with Gasteiger partial charge in [-0.15, -0.1) is 0 Å². The van der Waals surface area contributed by atoms with Crippen molar-refractivity contribution < 1.29 is 19.5 Å². The second-order valence-corrected chi connectivity index (χ2v) is 12.3. The first-order valence-corrected chi connectivity index (χ1v) is 15.7. The molecule has 2 aliphatic carbocycles. The van der Waals surface area contributed by atoms with Crippen LogP contribution in [0.25, 0.3) is 0 Å². The molecule has 1 fully saturated rings. The minimum atomic E-state index is -0.356. The summed E-state index contributed by atoms with van der Waals surface area (Å²) in [4.78, 5) is 18.9. The van der Waals surface area contributed by atoms with E-state index in [9.17, 15) is 9.90 Å². The van der Waals surface area contributed by atoms with Gasteiger partial charge < -0.3 is 9.84 Å². The Balaban J connectivity index is 1.19. The molecule has 4 rings (SSSR count). The summed E-state index contributed by atoms with van der Waals surface area (Å²) in [6, 6.07) is 0. The Hall–Kier alpha value is -1.33. The Kier molecular flexibility index (Phi) is 11.0. The SMILES string of the molecule is CCCCCCCCCCCCCCCC(=O)C1CCC2OC3=C4C(C[C@@H](O)C3)CN(OC)C=CC42C1. The van der Waals surface area contributed by atoms with E-state index in [1.54, 1.807) is 7.11 Å². The van der Waals surface area contributed by atoms with E-state index in [-0.39, 0.29) is 29.5 Å². The third-order valence-corrected chi connectivity index (χ3v) is 9.56. The number of Topliss-reactive ketones (excluding diaryl/α,β-unsaturated/α-hetero) is 1. The summed E-state index contributed by atoms with van der Waals surface area (Å²) in [5.41, 5.74) is 1.15. The van der Waals surface area contributed by atoms with Crippen molar-refractivity contribution in [3.05, 3.63) is 23.6 Å². The Labute approximate surface area is 226 Å². The first kappa shape index (κ1) is 28.7. The Morgan fingerprint density at radius 3 is 2.32 bits per heavy atom. The molecule has 0 saturated heterocycles. The average Bonchev–Trinajstić information content (AvgIpc) is 3.13. The number of hydroxylamine groups is 2. The highest BCUT2D eigenvalue weighted by Gasteiger charge is 2.57. The van der Waals surface area contributed by atoms with Gasteiger partial charge in [0.05, 0.1) is 30.9 Å². The normalized spacial score (nSPS) is 30.6. The van der Waals surface area contributed by atoms with E-state index >= 15 is 0 Å². The van der Waals surface area contributed by atoms with Crippen molar-refractivity contribution >= 4 is 5.78 Å². The molecule has 0 radical (unpaired) electrons. The van der Waals surface area contributed by atoms with Crippen molar-refractivity contribution in [2.24, 2.45) is 17.3 Å². The highest BCUT2D eigenvalue weighted by molar-refractivity contribution is 5.81. The highest BCUT2D eigenvalue weighted by atomic mass is 16.7. The Morgan fingerprint density at radius 2 is 1.68 bits per heavy atom. The molecule has 4 aliphatic rings. The minimum Gasteiger partial charge on any atom is -0.493 e. The van der Waals surface area contributed by atoms with Crippen LogP contribution in [-0.2, 0) is 14.4 Å². The number of ether oxygens (including phenoxy) is 1. The van der Waals surface area contributed by atoms with E-state index in [1.165, 1.54) is 82.6 Å². The largest absolute Gasteiger partial charge is 0.493 e. The Bertz CT molecular complexity index is 792. The molecule has 1 saturated carbocycles. The predicted molar refractivity (Wildman–Crippen MR) is 149 cm³/mol. The van der Waals surface area contributed by atoms with Gasteiger partial charge in [0, 0.05) is 30.9 Å². The molecule has 1 spiro atoms. The molecule has 0 amide bonds. The summed E-state index contributed by atoms with van der Waals surface area (Å²) in [5.74, 6) is 1.79. The molecule has 1 N–H and O–H groups in total. The zero-order valence-electron chi connectivity index (χ0n) is 23.7. The summed E-state index contributed by atoms with van der Waals surface area (Å²) >= 11 is 0. The molecule has 0 aromatic heterocycles. The van der Waals surface area contributed by atoms with Crippen LogP contribution < -0.4 is 0 Å². The van der Waals surface area contributed by atoms with Crippen LogP contribution in [0.2, 0.25) is 0 Å². The lowest BCUT2D eigenvalue weighted by Crippen LogP contribution is -2.42. The number of nitrogens with zero attached hydrogens (tertiary/aromatic N) is 1. The first-order valence-electron chi connectivity index (χ1n) is 15.7. The molecule has 0 aromatic rings. The van der Waals surface area contributed by atoms with Crippen molar-refractivity contribution in [2.45, 2.75) is 141 Å². The number of carbonyl (C=O) groups is 1. The minimum absolute atomic E-state index is 0.0961. The van der Waals surface area contributed by atoms with E-state index in [0.717, 1.165) is 50.8 Å². The lowest BCUT2D eigenvalue weighted by molar-refractivity contribution is -0.126. The quantitative estimate of drug-likeness (QED) is 0.214. The maximum absolute atomic E-state index is 13.3. The van der Waals surface area contributed by atoms with Crippen molar-refractivity contribution in [1.82, 2.24) is 5.06 Å². The molecule has 4 unspecified atom stereocenters. The van der Waals surface area contributed by atoms with Gasteiger partial charge >= 0.3 is 0 Å². The van der Waals surface area contributed by atoms with Gasteiger partial charge in [0.15, 0.2) is 0 Å². The molecule has 5 heteroatoms. The molecule has 2 heterocycles. The van der Waals surface area contributed by atoms with Gasteiger partial charge in [-0.3, -0.25) is 14.7 Å². The number of rotatable bonds is 16. The van der Waals surface area contributed by atoms with Gasteiger partial charge in [-0.25, -0.2) is 0 Å². The first-order chi connectivity index (χ1) is 18.1. The molecule has 210 valence electrons. The van der Waals surface area contributed by atoms with Crippen LogP contribution in [0.3, 0.4) is 0 Å². The number of aliphatic hydroxyl groups is 1. The predicted octanol–water partition coefficient (Wildman–Crippen LogP) is 7.64. The topological polar surface area (TPSA) is 59.0 Å². The second-order valence-electron chi connectivity index (χ2n) is 12.3. The zero-order valence-corrected chi connectivity index (χ0v) is 23.7. The van der Waals surface area contributed by atoms with Crippen LogP contribution in [0, 0.1) is 17.3 Å². The van der Waals surface area contributed by atoms with E-state index in [4.69, 9.17) is 9.57 Å².